The summed E-state index contributed by atoms with van der Waals surface area (Å²) in [6, 6.07) is 0. The SMILES string of the molecule is C=C(C)C(=O)OC1SC12CO2. The van der Waals surface area contributed by atoms with Crippen LogP contribution in [0, 0.1) is 0 Å². The molecule has 0 aromatic rings. The Labute approximate surface area is 68.7 Å². The summed E-state index contributed by atoms with van der Waals surface area (Å²) in [4.78, 5) is 10.8. The average Bonchev–Trinajstić information content (AvgIpc) is 2.78. The fourth-order valence-electron chi connectivity index (χ4n) is 0.734. The summed E-state index contributed by atoms with van der Waals surface area (Å²) in [7, 11) is 0. The summed E-state index contributed by atoms with van der Waals surface area (Å²) in [5.74, 6) is -0.324. The van der Waals surface area contributed by atoms with Crippen LogP contribution in [0.5, 0.6) is 0 Å². The van der Waals surface area contributed by atoms with Crippen LogP contribution in [-0.4, -0.2) is 22.9 Å². The van der Waals surface area contributed by atoms with Crippen molar-refractivity contribution < 1.29 is 14.3 Å². The van der Waals surface area contributed by atoms with E-state index in [4.69, 9.17) is 9.47 Å². The van der Waals surface area contributed by atoms with Crippen molar-refractivity contribution in [1.29, 1.82) is 0 Å². The number of ether oxygens (including phenoxy) is 2. The second-order valence-corrected chi connectivity index (χ2v) is 4.09. The lowest BCUT2D eigenvalue weighted by Crippen LogP contribution is -2.10. The van der Waals surface area contributed by atoms with Crippen molar-refractivity contribution in [2.24, 2.45) is 0 Å². The molecular weight excluding hydrogens is 164 g/mol. The third-order valence-electron chi connectivity index (χ3n) is 1.60. The highest BCUT2D eigenvalue weighted by atomic mass is 32.2. The molecule has 2 saturated heterocycles. The van der Waals surface area contributed by atoms with Crippen LogP contribution in [0.1, 0.15) is 6.92 Å². The number of hydrogen-bond donors (Lipinski definition) is 0. The maximum atomic E-state index is 10.9. The minimum absolute atomic E-state index is 0.0771. The van der Waals surface area contributed by atoms with Crippen LogP contribution in [0.15, 0.2) is 12.2 Å². The number of hydrogen-bond acceptors (Lipinski definition) is 4. The zero-order chi connectivity index (χ0) is 8.06. The Morgan fingerprint density at radius 3 is 2.91 bits per heavy atom. The Morgan fingerprint density at radius 1 is 1.91 bits per heavy atom. The number of epoxide rings is 1. The summed E-state index contributed by atoms with van der Waals surface area (Å²) in [5.41, 5.74) is 0.361. The maximum absolute atomic E-state index is 10.9. The van der Waals surface area contributed by atoms with E-state index in [1.807, 2.05) is 0 Å². The van der Waals surface area contributed by atoms with Gasteiger partial charge < -0.3 is 9.47 Å². The van der Waals surface area contributed by atoms with E-state index >= 15 is 0 Å². The van der Waals surface area contributed by atoms with Gasteiger partial charge in [-0.15, -0.1) is 0 Å². The fourth-order valence-corrected chi connectivity index (χ4v) is 1.54. The molecule has 3 nitrogen and oxygen atoms in total. The molecule has 1 spiro atoms. The average molecular weight is 172 g/mol. The molecule has 4 heteroatoms. The predicted octanol–water partition coefficient (Wildman–Crippen LogP) is 0.905. The Balaban J connectivity index is 1.83. The van der Waals surface area contributed by atoms with Crippen molar-refractivity contribution in [3.8, 4) is 0 Å². The van der Waals surface area contributed by atoms with Crippen molar-refractivity contribution in [3.05, 3.63) is 12.2 Å². The molecule has 0 aromatic heterocycles. The first-order valence-electron chi connectivity index (χ1n) is 3.32. The van der Waals surface area contributed by atoms with Gasteiger partial charge in [0, 0.05) is 5.57 Å². The van der Waals surface area contributed by atoms with Gasteiger partial charge in [0.2, 0.25) is 0 Å². The van der Waals surface area contributed by atoms with Crippen LogP contribution in [0.2, 0.25) is 0 Å². The van der Waals surface area contributed by atoms with Gasteiger partial charge in [0.25, 0.3) is 0 Å². The number of carbonyl (C=O) groups excluding carboxylic acids is 1. The van der Waals surface area contributed by atoms with Crippen molar-refractivity contribution in [3.63, 3.8) is 0 Å². The Bertz CT molecular complexity index is 232. The zero-order valence-electron chi connectivity index (χ0n) is 6.12. The van der Waals surface area contributed by atoms with Gasteiger partial charge in [-0.25, -0.2) is 4.79 Å². The van der Waals surface area contributed by atoms with Crippen LogP contribution in [0.3, 0.4) is 0 Å². The first-order valence-corrected chi connectivity index (χ1v) is 4.20. The Morgan fingerprint density at radius 2 is 2.55 bits per heavy atom. The monoisotopic (exact) mass is 172 g/mol. The third kappa shape index (κ3) is 1.16. The van der Waals surface area contributed by atoms with Crippen LogP contribution in [0.4, 0.5) is 0 Å². The first-order chi connectivity index (χ1) is 5.14. The molecule has 2 heterocycles. The van der Waals surface area contributed by atoms with Crippen LogP contribution < -0.4 is 0 Å². The molecule has 0 aromatic carbocycles. The van der Waals surface area contributed by atoms with E-state index in [0.29, 0.717) is 12.2 Å². The molecule has 0 aliphatic carbocycles. The first kappa shape index (κ1) is 7.18. The van der Waals surface area contributed by atoms with E-state index in [9.17, 15) is 4.79 Å². The summed E-state index contributed by atoms with van der Waals surface area (Å²) in [6.45, 7) is 5.83. The molecule has 2 unspecified atom stereocenters. The molecule has 11 heavy (non-hydrogen) atoms. The largest absolute Gasteiger partial charge is 0.444 e. The predicted molar refractivity (Wildman–Crippen MR) is 41.0 cm³/mol. The minimum atomic E-state index is -0.324. The van der Waals surface area contributed by atoms with Gasteiger partial charge >= 0.3 is 5.97 Å². The minimum Gasteiger partial charge on any atom is -0.444 e. The molecule has 2 atom stereocenters. The summed E-state index contributed by atoms with van der Waals surface area (Å²) < 4.78 is 10.1. The maximum Gasteiger partial charge on any atom is 0.334 e. The van der Waals surface area contributed by atoms with Gasteiger partial charge in [0.1, 0.15) is 0 Å². The topological polar surface area (TPSA) is 38.8 Å². The van der Waals surface area contributed by atoms with E-state index in [1.54, 1.807) is 18.7 Å². The molecule has 0 bridgehead atoms. The van der Waals surface area contributed by atoms with E-state index in [1.165, 1.54) is 0 Å². The molecule has 60 valence electrons. The fraction of sp³-hybridized carbons (Fsp3) is 0.571. The Hall–Kier alpha value is -0.480. The molecule has 0 N–H and O–H groups in total. The lowest BCUT2D eigenvalue weighted by Gasteiger charge is -1.98. The van der Waals surface area contributed by atoms with Crippen molar-refractivity contribution in [2.75, 3.05) is 6.61 Å². The normalized spacial score (nSPS) is 38.5. The van der Waals surface area contributed by atoms with Gasteiger partial charge in [-0.05, 0) is 6.92 Å². The van der Waals surface area contributed by atoms with Gasteiger partial charge in [-0.3, -0.25) is 0 Å². The molecule has 2 aliphatic rings. The van der Waals surface area contributed by atoms with Crippen LogP contribution in [0.25, 0.3) is 0 Å². The summed E-state index contributed by atoms with van der Waals surface area (Å²) >= 11 is 1.54. The number of rotatable bonds is 2. The van der Waals surface area contributed by atoms with Crippen LogP contribution in [-0.2, 0) is 14.3 Å². The molecule has 0 amide bonds. The standard InChI is InChI=1S/C7H8O3S/c1-4(2)5(8)10-6-7(11-6)3-9-7/h6H,1,3H2,2H3. The lowest BCUT2D eigenvalue weighted by molar-refractivity contribution is -0.139. The van der Waals surface area contributed by atoms with Crippen molar-refractivity contribution >= 4 is 17.7 Å². The second kappa shape index (κ2) is 2.01. The van der Waals surface area contributed by atoms with Gasteiger partial charge in [0.05, 0.1) is 6.61 Å². The number of esters is 1. The second-order valence-electron chi connectivity index (χ2n) is 2.74. The highest BCUT2D eigenvalue weighted by molar-refractivity contribution is 8.08. The molecule has 2 rings (SSSR count). The summed E-state index contributed by atoms with van der Waals surface area (Å²) in [6.07, 6.45) is 0. The van der Waals surface area contributed by atoms with E-state index in [2.05, 4.69) is 6.58 Å². The molecule has 2 aliphatic heterocycles. The highest BCUT2D eigenvalue weighted by Crippen LogP contribution is 2.63. The number of thioether (sulfide) groups is 1. The third-order valence-corrected chi connectivity index (χ3v) is 2.89. The molecule has 0 radical (unpaired) electrons. The van der Waals surface area contributed by atoms with E-state index < -0.39 is 0 Å². The Kier molecular flexibility index (Phi) is 1.32. The smallest absolute Gasteiger partial charge is 0.334 e. The van der Waals surface area contributed by atoms with Gasteiger partial charge in [0.15, 0.2) is 10.4 Å². The quantitative estimate of drug-likeness (QED) is 0.352. The van der Waals surface area contributed by atoms with Crippen LogP contribution >= 0.6 is 11.8 Å². The molecule has 0 saturated carbocycles. The lowest BCUT2D eigenvalue weighted by atomic mass is 10.4. The van der Waals surface area contributed by atoms with E-state index in [-0.39, 0.29) is 16.3 Å². The molecule has 2 fully saturated rings. The molecular formula is C7H8O3S. The highest BCUT2D eigenvalue weighted by Gasteiger charge is 2.70. The van der Waals surface area contributed by atoms with Gasteiger partial charge in [-0.1, -0.05) is 18.3 Å². The summed E-state index contributed by atoms with van der Waals surface area (Å²) in [5, 5.41) is 0. The van der Waals surface area contributed by atoms with Crippen molar-refractivity contribution in [1.82, 2.24) is 0 Å². The number of carbonyl (C=O) groups is 1. The van der Waals surface area contributed by atoms with Crippen molar-refractivity contribution in [2.45, 2.75) is 17.3 Å². The van der Waals surface area contributed by atoms with Gasteiger partial charge in [-0.2, -0.15) is 0 Å². The van der Waals surface area contributed by atoms with E-state index in [0.717, 1.165) is 0 Å². The zero-order valence-corrected chi connectivity index (χ0v) is 6.94.